The fraction of sp³-hybridized carbons (Fsp3) is 0.103. The average molecular weight is 466 g/mol. The van der Waals surface area contributed by atoms with E-state index in [1.54, 1.807) is 30.4 Å². The second-order valence-corrected chi connectivity index (χ2v) is 8.36. The Morgan fingerprint density at radius 3 is 2.34 bits per heavy atom. The minimum absolute atomic E-state index is 0.0689. The third kappa shape index (κ3) is 4.24. The molecule has 5 aromatic rings. The maximum absolute atomic E-state index is 12.9. The Bertz CT molecular complexity index is 1620. The van der Waals surface area contributed by atoms with Gasteiger partial charge in [-0.1, -0.05) is 59.7 Å². The maximum Gasteiger partial charge on any atom is 0.387 e. The topological polar surface area (TPSA) is 50.3 Å². The van der Waals surface area contributed by atoms with Crippen LogP contribution in [0.3, 0.4) is 0 Å². The summed E-state index contributed by atoms with van der Waals surface area (Å²) < 4.78 is 32.4. The van der Waals surface area contributed by atoms with E-state index >= 15 is 0 Å². The zero-order valence-electron chi connectivity index (χ0n) is 19.2. The van der Waals surface area contributed by atoms with E-state index in [0.29, 0.717) is 22.3 Å². The SMILES string of the molecule is Cc1cc(C)cc(-c2cc(/C=C/c3ccccc3OC(F)F)c(C#N)c3nc4ccccc4n23)c1. The van der Waals surface area contributed by atoms with Gasteiger partial charge in [-0.25, -0.2) is 4.98 Å². The van der Waals surface area contributed by atoms with Gasteiger partial charge in [-0.15, -0.1) is 0 Å². The van der Waals surface area contributed by atoms with E-state index in [1.165, 1.54) is 6.07 Å². The quantitative estimate of drug-likeness (QED) is 0.271. The number of aromatic nitrogens is 2. The van der Waals surface area contributed by atoms with Crippen LogP contribution < -0.4 is 4.74 Å². The van der Waals surface area contributed by atoms with Gasteiger partial charge in [-0.05, 0) is 61.4 Å². The van der Waals surface area contributed by atoms with Crippen molar-refractivity contribution in [1.29, 1.82) is 5.26 Å². The van der Waals surface area contributed by atoms with Crippen LogP contribution >= 0.6 is 0 Å². The van der Waals surface area contributed by atoms with Crippen LogP contribution in [0.1, 0.15) is 27.8 Å². The minimum Gasteiger partial charge on any atom is -0.434 e. The summed E-state index contributed by atoms with van der Waals surface area (Å²) in [4.78, 5) is 4.77. The Balaban J connectivity index is 1.78. The Kier molecular flexibility index (Phi) is 5.76. The van der Waals surface area contributed by atoms with Gasteiger partial charge in [0.1, 0.15) is 17.4 Å². The molecule has 0 unspecified atom stereocenters. The number of imidazole rings is 1. The molecule has 35 heavy (non-hydrogen) atoms. The first kappa shape index (κ1) is 22.3. The molecule has 0 aliphatic heterocycles. The van der Waals surface area contributed by atoms with Crippen LogP contribution in [0.25, 0.3) is 40.1 Å². The molecule has 172 valence electrons. The number of para-hydroxylation sites is 3. The molecule has 5 rings (SSSR count). The fourth-order valence-electron chi connectivity index (χ4n) is 4.43. The molecule has 0 saturated carbocycles. The van der Waals surface area contributed by atoms with Crippen molar-refractivity contribution in [2.45, 2.75) is 20.5 Å². The van der Waals surface area contributed by atoms with E-state index in [2.05, 4.69) is 29.0 Å². The van der Waals surface area contributed by atoms with Crippen molar-refractivity contribution < 1.29 is 13.5 Å². The molecule has 0 bridgehead atoms. The lowest BCUT2D eigenvalue weighted by molar-refractivity contribution is -0.0499. The van der Waals surface area contributed by atoms with Crippen molar-refractivity contribution in [2.24, 2.45) is 0 Å². The molecule has 0 N–H and O–H groups in total. The van der Waals surface area contributed by atoms with Crippen LogP contribution in [-0.4, -0.2) is 16.0 Å². The zero-order chi connectivity index (χ0) is 24.5. The molecule has 0 radical (unpaired) electrons. The molecule has 6 heteroatoms. The average Bonchev–Trinajstić information content (AvgIpc) is 3.21. The number of rotatable bonds is 5. The number of nitrogens with zero attached hydrogens (tertiary/aromatic N) is 3. The predicted octanol–water partition coefficient (Wildman–Crippen LogP) is 7.41. The number of nitriles is 1. The molecule has 3 aromatic carbocycles. The van der Waals surface area contributed by atoms with Crippen LogP contribution in [0.4, 0.5) is 8.78 Å². The lowest BCUT2D eigenvalue weighted by Crippen LogP contribution is -2.03. The highest BCUT2D eigenvalue weighted by Crippen LogP contribution is 2.32. The van der Waals surface area contributed by atoms with Gasteiger partial charge in [0, 0.05) is 5.56 Å². The summed E-state index contributed by atoms with van der Waals surface area (Å²) in [5, 5.41) is 10.1. The smallest absolute Gasteiger partial charge is 0.387 e. The highest BCUT2D eigenvalue weighted by Gasteiger charge is 2.17. The van der Waals surface area contributed by atoms with Gasteiger partial charge in [-0.2, -0.15) is 14.0 Å². The molecule has 0 aliphatic rings. The zero-order valence-corrected chi connectivity index (χ0v) is 19.2. The number of alkyl halides is 2. The standard InChI is InChI=1S/C29H21F2N3O/c1-18-13-19(2)15-22(14-18)26-16-21(12-11-20-7-3-6-10-27(20)35-29(30)31)23(17-32)28-33-24-8-4-5-9-25(24)34(26)28/h3-16,29H,1-2H3/b12-11+. The number of aryl methyl sites for hydroxylation is 2. The summed E-state index contributed by atoms with van der Waals surface area (Å²) in [7, 11) is 0. The second kappa shape index (κ2) is 9.03. The number of hydrogen-bond donors (Lipinski definition) is 0. The Morgan fingerprint density at radius 1 is 0.914 bits per heavy atom. The van der Waals surface area contributed by atoms with Crippen LogP contribution in [0.5, 0.6) is 5.75 Å². The van der Waals surface area contributed by atoms with Gasteiger partial charge in [0.2, 0.25) is 0 Å². The third-order valence-electron chi connectivity index (χ3n) is 5.81. The summed E-state index contributed by atoms with van der Waals surface area (Å²) in [5.74, 6) is 0.0689. The molecular formula is C29H21F2N3O. The van der Waals surface area contributed by atoms with Crippen molar-refractivity contribution in [3.05, 3.63) is 101 Å². The van der Waals surface area contributed by atoms with Gasteiger partial charge in [-0.3, -0.25) is 4.40 Å². The molecule has 0 amide bonds. The number of pyridine rings is 1. The predicted molar refractivity (Wildman–Crippen MR) is 134 cm³/mol. The van der Waals surface area contributed by atoms with E-state index in [0.717, 1.165) is 33.4 Å². The summed E-state index contributed by atoms with van der Waals surface area (Å²) >= 11 is 0. The molecule has 0 atom stereocenters. The molecule has 4 nitrogen and oxygen atoms in total. The van der Waals surface area contributed by atoms with Crippen LogP contribution in [-0.2, 0) is 0 Å². The highest BCUT2D eigenvalue weighted by molar-refractivity contribution is 5.89. The van der Waals surface area contributed by atoms with Gasteiger partial charge in [0.05, 0.1) is 16.7 Å². The molecule has 0 aliphatic carbocycles. The van der Waals surface area contributed by atoms with Gasteiger partial charge >= 0.3 is 6.61 Å². The molecule has 0 saturated heterocycles. The van der Waals surface area contributed by atoms with E-state index in [4.69, 9.17) is 4.98 Å². The summed E-state index contributed by atoms with van der Waals surface area (Å²) in [6.07, 6.45) is 3.43. The molecule has 0 spiro atoms. The van der Waals surface area contributed by atoms with Crippen LogP contribution in [0.2, 0.25) is 0 Å². The third-order valence-corrected chi connectivity index (χ3v) is 5.81. The monoisotopic (exact) mass is 465 g/mol. The van der Waals surface area contributed by atoms with Crippen LogP contribution in [0, 0.1) is 25.2 Å². The second-order valence-electron chi connectivity index (χ2n) is 8.36. The number of ether oxygens (including phenoxy) is 1. The summed E-state index contributed by atoms with van der Waals surface area (Å²) in [6, 6.07) is 24.9. The largest absolute Gasteiger partial charge is 0.434 e. The van der Waals surface area contributed by atoms with Crippen molar-refractivity contribution in [3.63, 3.8) is 0 Å². The van der Waals surface area contributed by atoms with E-state index < -0.39 is 6.61 Å². The molecular weight excluding hydrogens is 444 g/mol. The number of fused-ring (bicyclic) bond motifs is 3. The molecule has 2 heterocycles. The molecule has 0 fully saturated rings. The van der Waals surface area contributed by atoms with Gasteiger partial charge in [0.15, 0.2) is 5.65 Å². The minimum atomic E-state index is -2.93. The Hall–Kier alpha value is -4.50. The van der Waals surface area contributed by atoms with Crippen molar-refractivity contribution in [2.75, 3.05) is 0 Å². The first-order valence-electron chi connectivity index (χ1n) is 11.1. The summed E-state index contributed by atoms with van der Waals surface area (Å²) in [6.45, 7) is 1.16. The number of hydrogen-bond acceptors (Lipinski definition) is 3. The van der Waals surface area contributed by atoms with Crippen molar-refractivity contribution >= 4 is 28.8 Å². The van der Waals surface area contributed by atoms with Crippen LogP contribution in [0.15, 0.2) is 72.8 Å². The van der Waals surface area contributed by atoms with Crippen molar-refractivity contribution in [1.82, 2.24) is 9.38 Å². The Labute approximate surface area is 201 Å². The number of halogens is 2. The van der Waals surface area contributed by atoms with Gasteiger partial charge < -0.3 is 4.74 Å². The normalized spacial score (nSPS) is 11.5. The fourth-order valence-corrected chi connectivity index (χ4v) is 4.43. The van der Waals surface area contributed by atoms with Crippen molar-refractivity contribution in [3.8, 4) is 23.1 Å². The highest BCUT2D eigenvalue weighted by atomic mass is 19.3. The van der Waals surface area contributed by atoms with Gasteiger partial charge in [0.25, 0.3) is 0 Å². The lowest BCUT2D eigenvalue weighted by atomic mass is 10.0. The first-order chi connectivity index (χ1) is 16.9. The summed E-state index contributed by atoms with van der Waals surface area (Å²) in [5.41, 5.74) is 7.88. The van der Waals surface area contributed by atoms with E-state index in [1.807, 2.05) is 48.6 Å². The molecule has 2 aromatic heterocycles. The maximum atomic E-state index is 12.9. The number of benzene rings is 3. The van der Waals surface area contributed by atoms with E-state index in [9.17, 15) is 14.0 Å². The lowest BCUT2D eigenvalue weighted by Gasteiger charge is -2.13. The Morgan fingerprint density at radius 2 is 1.60 bits per heavy atom. The van der Waals surface area contributed by atoms with E-state index in [-0.39, 0.29) is 5.75 Å². The first-order valence-corrected chi connectivity index (χ1v) is 11.1.